The first-order valence-electron chi connectivity index (χ1n) is 10.1. The van der Waals surface area contributed by atoms with Crippen LogP contribution in [0.3, 0.4) is 0 Å². The van der Waals surface area contributed by atoms with Crippen molar-refractivity contribution in [2.75, 3.05) is 0 Å². The van der Waals surface area contributed by atoms with Crippen LogP contribution < -0.4 is 0 Å². The van der Waals surface area contributed by atoms with E-state index >= 15 is 0 Å². The van der Waals surface area contributed by atoms with Crippen LogP contribution in [0.5, 0.6) is 0 Å². The van der Waals surface area contributed by atoms with Crippen LogP contribution >= 0.6 is 11.3 Å². The normalized spacial score (nSPS) is 31.5. The van der Waals surface area contributed by atoms with E-state index in [9.17, 15) is 0 Å². The Morgan fingerprint density at radius 3 is 2.93 bits per heavy atom. The van der Waals surface area contributed by atoms with Gasteiger partial charge in [0.1, 0.15) is 10.7 Å². The number of aromatic nitrogens is 3. The first kappa shape index (κ1) is 16.0. The summed E-state index contributed by atoms with van der Waals surface area (Å²) < 4.78 is 6.28. The van der Waals surface area contributed by atoms with E-state index in [1.807, 2.05) is 5.38 Å². The van der Waals surface area contributed by atoms with Gasteiger partial charge in [0.05, 0.1) is 5.41 Å². The lowest BCUT2D eigenvalue weighted by Gasteiger charge is -2.40. The smallest absolute Gasteiger partial charge is 0.267 e. The Bertz CT molecular complexity index is 1010. The molecule has 3 aromatic rings. The fraction of sp³-hybridized carbons (Fsp3) is 0.500. The first-order valence-corrected chi connectivity index (χ1v) is 10.9. The third-order valence-corrected chi connectivity index (χ3v) is 8.16. The first-order chi connectivity index (χ1) is 13.2. The van der Waals surface area contributed by atoms with Crippen molar-refractivity contribution in [3.8, 4) is 22.2 Å². The minimum Gasteiger partial charge on any atom is -0.419 e. The molecule has 3 saturated carbocycles. The van der Waals surface area contributed by atoms with Gasteiger partial charge in [0.2, 0.25) is 5.89 Å². The quantitative estimate of drug-likeness (QED) is 0.593. The van der Waals surface area contributed by atoms with Crippen molar-refractivity contribution in [3.05, 3.63) is 41.1 Å². The third kappa shape index (κ3) is 2.37. The van der Waals surface area contributed by atoms with Crippen LogP contribution in [0.25, 0.3) is 22.2 Å². The highest BCUT2D eigenvalue weighted by atomic mass is 32.1. The summed E-state index contributed by atoms with van der Waals surface area (Å²) in [5.41, 5.74) is 3.37. The molecule has 6 rings (SSSR count). The maximum atomic E-state index is 6.28. The predicted octanol–water partition coefficient (Wildman–Crippen LogP) is 5.64. The Kier molecular flexibility index (Phi) is 3.40. The molecule has 1 aromatic carbocycles. The molecule has 0 amide bonds. The van der Waals surface area contributed by atoms with Crippen molar-refractivity contribution < 1.29 is 4.42 Å². The van der Waals surface area contributed by atoms with Crippen LogP contribution in [0.4, 0.5) is 0 Å². The molecule has 4 atom stereocenters. The van der Waals surface area contributed by atoms with Gasteiger partial charge in [-0.05, 0) is 68.8 Å². The van der Waals surface area contributed by atoms with E-state index in [0.29, 0.717) is 5.89 Å². The molecule has 27 heavy (non-hydrogen) atoms. The number of fused-ring (bicyclic) bond motifs is 2. The zero-order chi connectivity index (χ0) is 18.0. The second kappa shape index (κ2) is 5.74. The maximum Gasteiger partial charge on any atom is 0.267 e. The zero-order valence-electron chi connectivity index (χ0n) is 15.5. The summed E-state index contributed by atoms with van der Waals surface area (Å²) in [6.45, 7) is 2.12. The van der Waals surface area contributed by atoms with Crippen LogP contribution in [0.15, 0.2) is 34.1 Å². The lowest BCUT2D eigenvalue weighted by Crippen LogP contribution is -2.36. The monoisotopic (exact) mass is 377 g/mol. The molecule has 3 fully saturated rings. The second-order valence-corrected chi connectivity index (χ2v) is 9.66. The molecule has 3 bridgehead atoms. The maximum absolute atomic E-state index is 6.28. The third-order valence-electron chi connectivity index (χ3n) is 7.29. The minimum absolute atomic E-state index is 0.151. The van der Waals surface area contributed by atoms with Crippen LogP contribution in [-0.2, 0) is 5.41 Å². The number of nitrogens with zero attached hydrogens (tertiary/aromatic N) is 3. The molecule has 2 heterocycles. The van der Waals surface area contributed by atoms with Crippen LogP contribution in [0.2, 0.25) is 0 Å². The molecule has 2 aromatic heterocycles. The number of rotatable bonds is 3. The van der Waals surface area contributed by atoms with Gasteiger partial charge in [-0.1, -0.05) is 24.3 Å². The fourth-order valence-corrected chi connectivity index (χ4v) is 6.96. The number of hydrogen-bond acceptors (Lipinski definition) is 5. The van der Waals surface area contributed by atoms with Gasteiger partial charge >= 0.3 is 0 Å². The molecule has 4 nitrogen and oxygen atoms in total. The highest BCUT2D eigenvalue weighted by molar-refractivity contribution is 7.13. The van der Waals surface area contributed by atoms with Crippen molar-refractivity contribution in [2.45, 2.75) is 50.9 Å². The Labute approximate surface area is 163 Å². The minimum atomic E-state index is 0.151. The number of hydrogen-bond donors (Lipinski definition) is 0. The van der Waals surface area contributed by atoms with Crippen molar-refractivity contribution in [3.63, 3.8) is 0 Å². The average Bonchev–Trinajstić information content (AvgIpc) is 3.37. The van der Waals surface area contributed by atoms with Crippen LogP contribution in [0, 0.1) is 24.7 Å². The van der Waals surface area contributed by atoms with E-state index in [-0.39, 0.29) is 5.41 Å². The van der Waals surface area contributed by atoms with E-state index in [0.717, 1.165) is 34.3 Å². The van der Waals surface area contributed by atoms with E-state index < -0.39 is 0 Å². The summed E-state index contributed by atoms with van der Waals surface area (Å²) >= 11 is 1.64. The number of benzene rings is 1. The van der Waals surface area contributed by atoms with Gasteiger partial charge < -0.3 is 4.42 Å². The van der Waals surface area contributed by atoms with E-state index in [1.54, 1.807) is 11.3 Å². The van der Waals surface area contributed by atoms with Gasteiger partial charge in [0, 0.05) is 10.9 Å². The molecule has 5 heteroatoms. The van der Waals surface area contributed by atoms with Gasteiger partial charge in [0.15, 0.2) is 0 Å². The number of aryl methyl sites for hydroxylation is 1. The van der Waals surface area contributed by atoms with Crippen molar-refractivity contribution in [2.24, 2.45) is 17.8 Å². The fourth-order valence-electron chi connectivity index (χ4n) is 6.07. The summed E-state index contributed by atoms with van der Waals surface area (Å²) in [5.74, 6) is 4.04. The van der Waals surface area contributed by atoms with E-state index in [1.165, 1.54) is 49.7 Å². The molecule has 4 unspecified atom stereocenters. The molecule has 3 aliphatic carbocycles. The van der Waals surface area contributed by atoms with Gasteiger partial charge in [0.25, 0.3) is 5.89 Å². The van der Waals surface area contributed by atoms with E-state index in [2.05, 4.69) is 41.4 Å². The summed E-state index contributed by atoms with van der Waals surface area (Å²) in [6.07, 6.45) is 7.96. The molecule has 138 valence electrons. The molecule has 3 aliphatic rings. The molecular formula is C22H23N3OS. The summed E-state index contributed by atoms with van der Waals surface area (Å²) in [6, 6.07) is 8.35. The Hall–Kier alpha value is -2.01. The van der Waals surface area contributed by atoms with Crippen LogP contribution in [0.1, 0.15) is 50.0 Å². The standard InChI is InChI=1S/C22H23N3OS/c1-13-4-2-3-5-17(13)20-23-18(12-27-20)19-24-25-21(26-19)22-7-6-14-8-15(11-22)10-16(22)9-14/h2-5,12,14-16H,6-11H2,1H3. The number of thiazole rings is 1. The molecular weight excluding hydrogens is 354 g/mol. The zero-order valence-corrected chi connectivity index (χ0v) is 16.3. The Morgan fingerprint density at radius 1 is 1.11 bits per heavy atom. The highest BCUT2D eigenvalue weighted by Gasteiger charge is 2.57. The van der Waals surface area contributed by atoms with Crippen molar-refractivity contribution in [1.82, 2.24) is 15.2 Å². The lowest BCUT2D eigenvalue weighted by atomic mass is 9.64. The SMILES string of the molecule is Cc1ccccc1-c1nc(-c2nnc(C34CCC5CC(CC3C5)C4)o2)cs1. The second-order valence-electron chi connectivity index (χ2n) is 8.80. The summed E-state index contributed by atoms with van der Waals surface area (Å²) in [5, 5.41) is 12.0. The lowest BCUT2D eigenvalue weighted by molar-refractivity contribution is 0.129. The van der Waals surface area contributed by atoms with Gasteiger partial charge in [-0.25, -0.2) is 4.98 Å². The summed E-state index contributed by atoms with van der Waals surface area (Å²) in [7, 11) is 0. The molecule has 0 radical (unpaired) electrons. The highest BCUT2D eigenvalue weighted by Crippen LogP contribution is 2.62. The van der Waals surface area contributed by atoms with Gasteiger partial charge in [-0.15, -0.1) is 21.5 Å². The van der Waals surface area contributed by atoms with Crippen molar-refractivity contribution in [1.29, 1.82) is 0 Å². The van der Waals surface area contributed by atoms with Gasteiger partial charge in [-0.2, -0.15) is 0 Å². The van der Waals surface area contributed by atoms with Crippen LogP contribution in [-0.4, -0.2) is 15.2 Å². The Morgan fingerprint density at radius 2 is 2.00 bits per heavy atom. The van der Waals surface area contributed by atoms with Gasteiger partial charge in [-0.3, -0.25) is 0 Å². The molecule has 0 N–H and O–H groups in total. The average molecular weight is 378 g/mol. The van der Waals surface area contributed by atoms with E-state index in [4.69, 9.17) is 9.40 Å². The Balaban J connectivity index is 1.34. The molecule has 0 aliphatic heterocycles. The molecule has 0 saturated heterocycles. The topological polar surface area (TPSA) is 51.8 Å². The summed E-state index contributed by atoms with van der Waals surface area (Å²) in [4.78, 5) is 4.80. The predicted molar refractivity (Wildman–Crippen MR) is 105 cm³/mol. The van der Waals surface area contributed by atoms with Crippen molar-refractivity contribution >= 4 is 11.3 Å². The largest absolute Gasteiger partial charge is 0.419 e. The molecule has 0 spiro atoms.